The lowest BCUT2D eigenvalue weighted by molar-refractivity contribution is 1.48. The van der Waals surface area contributed by atoms with Gasteiger partial charge in [-0.1, -0.05) is 30.3 Å². The van der Waals surface area contributed by atoms with Gasteiger partial charge < -0.3 is 0 Å². The molecule has 0 spiro atoms. The van der Waals surface area contributed by atoms with E-state index in [1.165, 1.54) is 21.2 Å². The van der Waals surface area contributed by atoms with Crippen LogP contribution < -0.4 is 0 Å². The molecule has 0 atom stereocenters. The average molecular weight is 188 g/mol. The SMILES string of the molecule is CSc1cccc2c(C)cccc12. The van der Waals surface area contributed by atoms with Crippen LogP contribution in [0.3, 0.4) is 0 Å². The average Bonchev–Trinajstić information content (AvgIpc) is 2.18. The third-order valence-corrected chi connectivity index (χ3v) is 3.12. The van der Waals surface area contributed by atoms with E-state index in [1.54, 1.807) is 11.8 Å². The van der Waals surface area contributed by atoms with Gasteiger partial charge in [0.15, 0.2) is 0 Å². The molecule has 0 bridgehead atoms. The number of fused-ring (bicyclic) bond motifs is 1. The van der Waals surface area contributed by atoms with Crippen molar-refractivity contribution < 1.29 is 0 Å². The van der Waals surface area contributed by atoms with Crippen LogP contribution in [0.5, 0.6) is 0 Å². The summed E-state index contributed by atoms with van der Waals surface area (Å²) >= 11 is 1.81. The van der Waals surface area contributed by atoms with Crippen molar-refractivity contribution in [3.05, 3.63) is 42.0 Å². The molecule has 2 aromatic rings. The van der Waals surface area contributed by atoms with Crippen LogP contribution in [-0.4, -0.2) is 6.26 Å². The van der Waals surface area contributed by atoms with E-state index in [2.05, 4.69) is 49.6 Å². The molecule has 0 aliphatic rings. The zero-order chi connectivity index (χ0) is 9.26. The minimum Gasteiger partial charge on any atom is -0.129 e. The summed E-state index contributed by atoms with van der Waals surface area (Å²) in [5.74, 6) is 0. The normalized spacial score (nSPS) is 10.6. The van der Waals surface area contributed by atoms with E-state index >= 15 is 0 Å². The van der Waals surface area contributed by atoms with E-state index in [1.807, 2.05) is 0 Å². The van der Waals surface area contributed by atoms with Gasteiger partial charge in [-0.3, -0.25) is 0 Å². The summed E-state index contributed by atoms with van der Waals surface area (Å²) in [6.07, 6.45) is 2.12. The van der Waals surface area contributed by atoms with Gasteiger partial charge in [0.05, 0.1) is 0 Å². The van der Waals surface area contributed by atoms with Gasteiger partial charge in [-0.25, -0.2) is 0 Å². The number of benzene rings is 2. The summed E-state index contributed by atoms with van der Waals surface area (Å²) in [5, 5.41) is 2.74. The number of hydrogen-bond donors (Lipinski definition) is 0. The molecule has 0 aliphatic heterocycles. The summed E-state index contributed by atoms with van der Waals surface area (Å²) in [4.78, 5) is 1.36. The fraction of sp³-hybridized carbons (Fsp3) is 0.167. The Labute approximate surface area is 83.0 Å². The van der Waals surface area contributed by atoms with E-state index in [0.717, 1.165) is 0 Å². The van der Waals surface area contributed by atoms with Gasteiger partial charge in [-0.15, -0.1) is 11.8 Å². The monoisotopic (exact) mass is 188 g/mol. The molecule has 0 radical (unpaired) electrons. The van der Waals surface area contributed by atoms with Crippen molar-refractivity contribution in [2.75, 3.05) is 6.26 Å². The highest BCUT2D eigenvalue weighted by molar-refractivity contribution is 7.98. The summed E-state index contributed by atoms with van der Waals surface area (Å²) in [6.45, 7) is 2.16. The summed E-state index contributed by atoms with van der Waals surface area (Å²) in [7, 11) is 0. The molecule has 2 aromatic carbocycles. The van der Waals surface area contributed by atoms with Crippen LogP contribution in [0.4, 0.5) is 0 Å². The molecule has 0 saturated carbocycles. The molecule has 2 rings (SSSR count). The second kappa shape index (κ2) is 3.43. The summed E-state index contributed by atoms with van der Waals surface area (Å²) in [5.41, 5.74) is 1.36. The first-order valence-electron chi connectivity index (χ1n) is 4.35. The Bertz CT molecular complexity index is 432. The van der Waals surface area contributed by atoms with E-state index in [-0.39, 0.29) is 0 Å². The largest absolute Gasteiger partial charge is 0.129 e. The molecular weight excluding hydrogens is 176 g/mol. The lowest BCUT2D eigenvalue weighted by Crippen LogP contribution is -1.79. The Morgan fingerprint density at radius 1 is 0.923 bits per heavy atom. The van der Waals surface area contributed by atoms with E-state index in [0.29, 0.717) is 0 Å². The maximum absolute atomic E-state index is 2.19. The molecule has 0 nitrogen and oxygen atoms in total. The fourth-order valence-electron chi connectivity index (χ4n) is 1.62. The van der Waals surface area contributed by atoms with Crippen LogP contribution in [0.15, 0.2) is 41.3 Å². The van der Waals surface area contributed by atoms with Crippen LogP contribution in [0, 0.1) is 6.92 Å². The Morgan fingerprint density at radius 3 is 2.38 bits per heavy atom. The second-order valence-corrected chi connectivity index (χ2v) is 3.98. The topological polar surface area (TPSA) is 0 Å². The van der Waals surface area contributed by atoms with E-state index in [9.17, 15) is 0 Å². The third-order valence-electron chi connectivity index (χ3n) is 2.32. The van der Waals surface area contributed by atoms with Crippen molar-refractivity contribution >= 4 is 22.5 Å². The molecule has 0 amide bonds. The predicted octanol–water partition coefficient (Wildman–Crippen LogP) is 3.87. The van der Waals surface area contributed by atoms with Crippen molar-refractivity contribution in [2.24, 2.45) is 0 Å². The molecule has 1 heteroatoms. The Hall–Kier alpha value is -0.950. The molecule has 0 fully saturated rings. The Kier molecular flexibility index (Phi) is 2.28. The third kappa shape index (κ3) is 1.44. The smallest absolute Gasteiger partial charge is 0.0148 e. The van der Waals surface area contributed by atoms with Crippen LogP contribution in [-0.2, 0) is 0 Å². The van der Waals surface area contributed by atoms with Gasteiger partial charge in [0.25, 0.3) is 0 Å². The van der Waals surface area contributed by atoms with Crippen LogP contribution in [0.1, 0.15) is 5.56 Å². The molecular formula is C12H12S. The first kappa shape index (κ1) is 8.64. The lowest BCUT2D eigenvalue weighted by Gasteiger charge is -2.05. The molecule has 13 heavy (non-hydrogen) atoms. The molecule has 0 unspecified atom stereocenters. The fourth-order valence-corrected chi connectivity index (χ4v) is 2.23. The van der Waals surface area contributed by atoms with E-state index in [4.69, 9.17) is 0 Å². The minimum absolute atomic E-state index is 1.36. The van der Waals surface area contributed by atoms with Gasteiger partial charge in [0.2, 0.25) is 0 Å². The highest BCUT2D eigenvalue weighted by Crippen LogP contribution is 2.27. The Balaban J connectivity index is 2.84. The van der Waals surface area contributed by atoms with Gasteiger partial charge in [0.1, 0.15) is 0 Å². The van der Waals surface area contributed by atoms with Crippen LogP contribution >= 0.6 is 11.8 Å². The van der Waals surface area contributed by atoms with Crippen molar-refractivity contribution in [1.82, 2.24) is 0 Å². The van der Waals surface area contributed by atoms with Crippen molar-refractivity contribution in [1.29, 1.82) is 0 Å². The number of thioether (sulfide) groups is 1. The molecule has 0 N–H and O–H groups in total. The molecule has 0 aliphatic carbocycles. The maximum atomic E-state index is 2.19. The zero-order valence-corrected chi connectivity index (χ0v) is 8.69. The first-order chi connectivity index (χ1) is 6.33. The highest BCUT2D eigenvalue weighted by atomic mass is 32.2. The maximum Gasteiger partial charge on any atom is 0.0148 e. The first-order valence-corrected chi connectivity index (χ1v) is 5.58. The zero-order valence-electron chi connectivity index (χ0n) is 7.87. The highest BCUT2D eigenvalue weighted by Gasteiger charge is 1.99. The number of aryl methyl sites for hydroxylation is 1. The molecule has 0 aromatic heterocycles. The van der Waals surface area contributed by atoms with Gasteiger partial charge in [-0.05, 0) is 35.6 Å². The molecule has 0 saturated heterocycles. The quantitative estimate of drug-likeness (QED) is 0.612. The van der Waals surface area contributed by atoms with Crippen molar-refractivity contribution in [2.45, 2.75) is 11.8 Å². The van der Waals surface area contributed by atoms with Crippen molar-refractivity contribution in [3.63, 3.8) is 0 Å². The van der Waals surface area contributed by atoms with Crippen LogP contribution in [0.2, 0.25) is 0 Å². The molecule has 0 heterocycles. The predicted molar refractivity (Wildman–Crippen MR) is 60.5 cm³/mol. The van der Waals surface area contributed by atoms with Gasteiger partial charge >= 0.3 is 0 Å². The second-order valence-electron chi connectivity index (χ2n) is 3.13. The van der Waals surface area contributed by atoms with E-state index < -0.39 is 0 Å². The standard InChI is InChI=1S/C12H12S/c1-9-5-3-7-11-10(9)6-4-8-12(11)13-2/h3-8H,1-2H3. The number of rotatable bonds is 1. The summed E-state index contributed by atoms with van der Waals surface area (Å²) < 4.78 is 0. The van der Waals surface area contributed by atoms with Crippen LogP contribution in [0.25, 0.3) is 10.8 Å². The molecule has 66 valence electrons. The lowest BCUT2D eigenvalue weighted by atomic mass is 10.1. The summed E-state index contributed by atoms with van der Waals surface area (Å²) in [6, 6.07) is 13.0. The van der Waals surface area contributed by atoms with Crippen molar-refractivity contribution in [3.8, 4) is 0 Å². The minimum atomic E-state index is 1.36. The van der Waals surface area contributed by atoms with Gasteiger partial charge in [-0.2, -0.15) is 0 Å². The van der Waals surface area contributed by atoms with Gasteiger partial charge in [0, 0.05) is 4.90 Å². The number of hydrogen-bond acceptors (Lipinski definition) is 1. The Morgan fingerprint density at radius 2 is 1.62 bits per heavy atom.